The van der Waals surface area contributed by atoms with Crippen molar-refractivity contribution in [3.8, 4) is 0 Å². The molecule has 2 N–H and O–H groups in total. The summed E-state index contributed by atoms with van der Waals surface area (Å²) in [7, 11) is 0. The van der Waals surface area contributed by atoms with Gasteiger partial charge in [-0.05, 0) is 42.4 Å². The highest BCUT2D eigenvalue weighted by Gasteiger charge is 2.36. The number of anilines is 1. The van der Waals surface area contributed by atoms with Crippen LogP contribution >= 0.6 is 0 Å². The summed E-state index contributed by atoms with van der Waals surface area (Å²) < 4.78 is 13.3. The van der Waals surface area contributed by atoms with E-state index in [1.54, 1.807) is 6.07 Å². The van der Waals surface area contributed by atoms with Crippen molar-refractivity contribution in [3.05, 3.63) is 29.6 Å². The molecular formula is C15H20FNO2. The minimum atomic E-state index is -1.24. The fourth-order valence-corrected chi connectivity index (χ4v) is 3.08. The molecule has 0 saturated heterocycles. The quantitative estimate of drug-likeness (QED) is 0.874. The Morgan fingerprint density at radius 2 is 2.11 bits per heavy atom. The van der Waals surface area contributed by atoms with Crippen molar-refractivity contribution in [1.29, 1.82) is 0 Å². The van der Waals surface area contributed by atoms with Gasteiger partial charge in [0.2, 0.25) is 0 Å². The highest BCUT2D eigenvalue weighted by Crippen LogP contribution is 2.42. The Hall–Kier alpha value is -1.58. The van der Waals surface area contributed by atoms with E-state index in [1.807, 2.05) is 0 Å². The van der Waals surface area contributed by atoms with E-state index < -0.39 is 11.8 Å². The molecule has 1 aromatic carbocycles. The number of aromatic carboxylic acids is 1. The van der Waals surface area contributed by atoms with Gasteiger partial charge in [0.15, 0.2) is 0 Å². The Balaban J connectivity index is 2.16. The van der Waals surface area contributed by atoms with Crippen LogP contribution in [0.3, 0.4) is 0 Å². The van der Waals surface area contributed by atoms with Crippen LogP contribution in [0.15, 0.2) is 18.2 Å². The molecule has 4 heteroatoms. The number of nitrogens with one attached hydrogen (secondary N) is 1. The van der Waals surface area contributed by atoms with Crippen LogP contribution < -0.4 is 5.32 Å². The molecule has 0 amide bonds. The van der Waals surface area contributed by atoms with E-state index in [0.717, 1.165) is 12.8 Å². The number of carboxylic acid groups (broad SMARTS) is 1. The summed E-state index contributed by atoms with van der Waals surface area (Å²) in [5, 5.41) is 12.3. The molecule has 1 fully saturated rings. The van der Waals surface area contributed by atoms with Gasteiger partial charge in [0, 0.05) is 11.7 Å². The number of benzene rings is 1. The summed E-state index contributed by atoms with van der Waals surface area (Å²) in [5.74, 6) is -1.41. The first kappa shape index (κ1) is 13.8. The Labute approximate surface area is 112 Å². The molecule has 1 aromatic rings. The molecule has 1 saturated carbocycles. The highest BCUT2D eigenvalue weighted by molar-refractivity contribution is 5.89. The Morgan fingerprint density at radius 1 is 1.42 bits per heavy atom. The summed E-state index contributed by atoms with van der Waals surface area (Å²) in [6.07, 6.45) is 2.17. The lowest BCUT2D eigenvalue weighted by Gasteiger charge is -2.20. The van der Waals surface area contributed by atoms with Crippen LogP contribution in [0.2, 0.25) is 0 Å². The molecule has 0 radical (unpaired) electrons. The maximum atomic E-state index is 13.3. The number of halogens is 1. The number of rotatable bonds is 3. The largest absolute Gasteiger partial charge is 0.478 e. The zero-order valence-electron chi connectivity index (χ0n) is 11.5. The molecule has 0 bridgehead atoms. The Kier molecular flexibility index (Phi) is 3.52. The van der Waals surface area contributed by atoms with Crippen molar-refractivity contribution in [2.45, 2.75) is 39.7 Å². The van der Waals surface area contributed by atoms with E-state index in [2.05, 4.69) is 26.1 Å². The van der Waals surface area contributed by atoms with Crippen molar-refractivity contribution < 1.29 is 14.3 Å². The maximum Gasteiger partial charge on any atom is 0.338 e. The predicted octanol–water partition coefficient (Wildman–Crippen LogP) is 3.76. The second-order valence-electron chi connectivity index (χ2n) is 6.30. The third kappa shape index (κ3) is 3.06. The molecule has 19 heavy (non-hydrogen) atoms. The van der Waals surface area contributed by atoms with Gasteiger partial charge < -0.3 is 10.4 Å². The average Bonchev–Trinajstić information content (AvgIpc) is 2.54. The third-order valence-electron chi connectivity index (χ3n) is 3.88. The number of carbonyl (C=O) groups is 1. The van der Waals surface area contributed by atoms with Gasteiger partial charge in [-0.15, -0.1) is 0 Å². The smallest absolute Gasteiger partial charge is 0.338 e. The van der Waals surface area contributed by atoms with Crippen molar-refractivity contribution in [3.63, 3.8) is 0 Å². The van der Waals surface area contributed by atoms with E-state index in [0.29, 0.717) is 23.1 Å². The van der Waals surface area contributed by atoms with Crippen molar-refractivity contribution in [1.82, 2.24) is 0 Å². The molecule has 2 atom stereocenters. The summed E-state index contributed by atoms with van der Waals surface area (Å²) in [4.78, 5) is 10.9. The van der Waals surface area contributed by atoms with Crippen LogP contribution in [0, 0.1) is 17.2 Å². The van der Waals surface area contributed by atoms with Gasteiger partial charge in [0.05, 0.1) is 5.56 Å². The van der Waals surface area contributed by atoms with Gasteiger partial charge >= 0.3 is 5.97 Å². The van der Waals surface area contributed by atoms with E-state index in [4.69, 9.17) is 5.11 Å². The van der Waals surface area contributed by atoms with E-state index in [-0.39, 0.29) is 5.56 Å². The molecule has 0 aliphatic heterocycles. The first-order valence-electron chi connectivity index (χ1n) is 6.58. The highest BCUT2D eigenvalue weighted by atomic mass is 19.1. The van der Waals surface area contributed by atoms with Gasteiger partial charge in [-0.3, -0.25) is 0 Å². The molecule has 2 rings (SSSR count). The van der Waals surface area contributed by atoms with E-state index >= 15 is 0 Å². The minimum Gasteiger partial charge on any atom is -0.478 e. The number of hydrogen-bond donors (Lipinski definition) is 2. The third-order valence-corrected chi connectivity index (χ3v) is 3.88. The van der Waals surface area contributed by atoms with Gasteiger partial charge in [0.25, 0.3) is 0 Å². The zero-order chi connectivity index (χ0) is 14.2. The number of hydrogen-bond acceptors (Lipinski definition) is 2. The lowest BCUT2D eigenvalue weighted by atomic mass is 9.91. The van der Waals surface area contributed by atoms with E-state index in [9.17, 15) is 9.18 Å². The molecule has 0 heterocycles. The first-order valence-corrected chi connectivity index (χ1v) is 6.58. The first-order chi connectivity index (χ1) is 8.78. The second-order valence-corrected chi connectivity index (χ2v) is 6.30. The average molecular weight is 265 g/mol. The molecule has 3 nitrogen and oxygen atoms in total. The summed E-state index contributed by atoms with van der Waals surface area (Å²) in [6, 6.07) is 4.48. The second kappa shape index (κ2) is 4.83. The lowest BCUT2D eigenvalue weighted by molar-refractivity contribution is 0.0692. The molecule has 1 aliphatic rings. The van der Waals surface area contributed by atoms with Gasteiger partial charge in [-0.2, -0.15) is 0 Å². The SMILES string of the molecule is CC1CC(C)(C)CC1Nc1ccc(F)c(C(=O)O)c1. The normalized spacial score (nSPS) is 25.3. The van der Waals surface area contributed by atoms with Crippen LogP contribution in [-0.2, 0) is 0 Å². The summed E-state index contributed by atoms with van der Waals surface area (Å²) >= 11 is 0. The van der Waals surface area contributed by atoms with Crippen LogP contribution in [0.1, 0.15) is 44.0 Å². The zero-order valence-corrected chi connectivity index (χ0v) is 11.5. The minimum absolute atomic E-state index is 0.282. The lowest BCUT2D eigenvalue weighted by Crippen LogP contribution is -2.22. The Bertz CT molecular complexity index is 499. The van der Waals surface area contributed by atoms with Crippen molar-refractivity contribution >= 4 is 11.7 Å². The van der Waals surface area contributed by atoms with Gasteiger partial charge in [0.1, 0.15) is 5.82 Å². The molecule has 1 aliphatic carbocycles. The standard InChI is InChI=1S/C15H20FNO2/c1-9-7-15(2,3)8-13(9)17-10-4-5-12(16)11(6-10)14(18)19/h4-6,9,13,17H,7-8H2,1-3H3,(H,18,19). The van der Waals surface area contributed by atoms with Crippen molar-refractivity contribution in [2.75, 3.05) is 5.32 Å². The molecule has 0 aromatic heterocycles. The Morgan fingerprint density at radius 3 is 2.63 bits per heavy atom. The maximum absolute atomic E-state index is 13.3. The van der Waals surface area contributed by atoms with Crippen LogP contribution in [0.25, 0.3) is 0 Å². The molecule has 2 unspecified atom stereocenters. The van der Waals surface area contributed by atoms with Crippen LogP contribution in [0.4, 0.5) is 10.1 Å². The molecule has 0 spiro atoms. The van der Waals surface area contributed by atoms with Crippen molar-refractivity contribution in [2.24, 2.45) is 11.3 Å². The fourth-order valence-electron chi connectivity index (χ4n) is 3.08. The van der Waals surface area contributed by atoms with Gasteiger partial charge in [-0.25, -0.2) is 9.18 Å². The van der Waals surface area contributed by atoms with Gasteiger partial charge in [-0.1, -0.05) is 20.8 Å². The molecular weight excluding hydrogens is 245 g/mol. The predicted molar refractivity (Wildman–Crippen MR) is 72.9 cm³/mol. The fraction of sp³-hybridized carbons (Fsp3) is 0.533. The topological polar surface area (TPSA) is 49.3 Å². The monoisotopic (exact) mass is 265 g/mol. The van der Waals surface area contributed by atoms with Crippen LogP contribution in [-0.4, -0.2) is 17.1 Å². The summed E-state index contributed by atoms with van der Waals surface area (Å²) in [6.45, 7) is 6.66. The van der Waals surface area contributed by atoms with E-state index in [1.165, 1.54) is 12.1 Å². The van der Waals surface area contributed by atoms with Crippen LogP contribution in [0.5, 0.6) is 0 Å². The number of carboxylic acids is 1. The molecule has 104 valence electrons. The summed E-state index contributed by atoms with van der Waals surface area (Å²) in [5.41, 5.74) is 0.690.